The molecule has 1 fully saturated rings. The fourth-order valence-corrected chi connectivity index (χ4v) is 2.22. The van der Waals surface area contributed by atoms with Crippen LogP contribution in [0.5, 0.6) is 11.5 Å². The van der Waals surface area contributed by atoms with E-state index in [9.17, 15) is 14.4 Å². The lowest BCUT2D eigenvalue weighted by Gasteiger charge is -2.29. The first kappa shape index (κ1) is 18.6. The van der Waals surface area contributed by atoms with Crippen LogP contribution in [-0.4, -0.2) is 37.3 Å². The fourth-order valence-electron chi connectivity index (χ4n) is 2.02. The van der Waals surface area contributed by atoms with E-state index in [1.807, 2.05) is 0 Å². The van der Waals surface area contributed by atoms with Gasteiger partial charge in [-0.25, -0.2) is 9.59 Å². The van der Waals surface area contributed by atoms with E-state index in [1.165, 1.54) is 39.2 Å². The summed E-state index contributed by atoms with van der Waals surface area (Å²) in [4.78, 5) is 34.8. The molecular formula is C16H16ClNO7. The summed E-state index contributed by atoms with van der Waals surface area (Å²) in [5, 5.41) is 0.151. The maximum atomic E-state index is 12.0. The topological polar surface area (TPSA) is 114 Å². The molecule has 0 atom stereocenters. The van der Waals surface area contributed by atoms with E-state index in [1.54, 1.807) is 0 Å². The molecule has 1 aromatic rings. The number of esters is 2. The number of halogens is 1. The van der Waals surface area contributed by atoms with Crippen molar-refractivity contribution in [2.75, 3.05) is 13.7 Å². The largest absolute Gasteiger partial charge is 0.493 e. The number of carbonyl (C=O) groups excluding carboxylic acids is 3. The predicted octanol–water partition coefficient (Wildman–Crippen LogP) is 1.43. The minimum absolute atomic E-state index is 0.151. The fraction of sp³-hybridized carbons (Fsp3) is 0.312. The maximum absolute atomic E-state index is 12.0. The Labute approximate surface area is 148 Å². The normalized spacial score (nSPS) is 15.9. The Morgan fingerprint density at radius 1 is 1.24 bits per heavy atom. The van der Waals surface area contributed by atoms with Gasteiger partial charge in [0.2, 0.25) is 0 Å². The van der Waals surface area contributed by atoms with Crippen molar-refractivity contribution in [1.29, 1.82) is 0 Å². The molecule has 0 radical (unpaired) electrons. The van der Waals surface area contributed by atoms with Crippen LogP contribution >= 0.6 is 11.6 Å². The number of nitrogens with two attached hydrogens (primary N) is 1. The van der Waals surface area contributed by atoms with Crippen molar-refractivity contribution in [2.45, 2.75) is 19.6 Å². The van der Waals surface area contributed by atoms with E-state index in [-0.39, 0.29) is 28.7 Å². The Balaban J connectivity index is 2.38. The molecule has 1 saturated heterocycles. The van der Waals surface area contributed by atoms with Crippen molar-refractivity contribution >= 4 is 35.5 Å². The number of primary amides is 1. The highest BCUT2D eigenvalue weighted by molar-refractivity contribution is 6.32. The lowest BCUT2D eigenvalue weighted by molar-refractivity contribution is -0.222. The second-order valence-electron chi connectivity index (χ2n) is 5.52. The van der Waals surface area contributed by atoms with Gasteiger partial charge >= 0.3 is 11.9 Å². The van der Waals surface area contributed by atoms with E-state index < -0.39 is 23.6 Å². The van der Waals surface area contributed by atoms with Crippen LogP contribution in [0.25, 0.3) is 6.08 Å². The minimum atomic E-state index is -1.33. The lowest BCUT2D eigenvalue weighted by atomic mass is 10.1. The van der Waals surface area contributed by atoms with Crippen molar-refractivity contribution in [3.63, 3.8) is 0 Å². The third-order valence-electron chi connectivity index (χ3n) is 3.07. The summed E-state index contributed by atoms with van der Waals surface area (Å²) in [5.74, 6) is -3.24. The summed E-state index contributed by atoms with van der Waals surface area (Å²) in [5.41, 5.74) is 5.01. The summed E-state index contributed by atoms with van der Waals surface area (Å²) in [6.07, 6.45) is 1.22. The van der Waals surface area contributed by atoms with Crippen LogP contribution in [0.2, 0.25) is 5.02 Å². The Morgan fingerprint density at radius 2 is 1.84 bits per heavy atom. The Kier molecular flexibility index (Phi) is 5.22. The highest BCUT2D eigenvalue weighted by Crippen LogP contribution is 2.35. The molecule has 1 amide bonds. The molecule has 0 aliphatic carbocycles. The third-order valence-corrected chi connectivity index (χ3v) is 3.40. The average Bonchev–Trinajstić information content (AvgIpc) is 2.49. The smallest absolute Gasteiger partial charge is 0.348 e. The highest BCUT2D eigenvalue weighted by Gasteiger charge is 2.39. The summed E-state index contributed by atoms with van der Waals surface area (Å²) in [6, 6.07) is 2.81. The van der Waals surface area contributed by atoms with Gasteiger partial charge in [-0.05, 0) is 17.7 Å². The molecule has 0 saturated carbocycles. The molecule has 2 rings (SSSR count). The second-order valence-corrected chi connectivity index (χ2v) is 5.92. The van der Waals surface area contributed by atoms with Gasteiger partial charge in [-0.15, -0.1) is 0 Å². The van der Waals surface area contributed by atoms with Crippen molar-refractivity contribution in [1.82, 2.24) is 0 Å². The number of amides is 1. The molecule has 0 spiro atoms. The first-order chi connectivity index (χ1) is 11.6. The van der Waals surface area contributed by atoms with E-state index in [2.05, 4.69) is 0 Å². The van der Waals surface area contributed by atoms with Crippen molar-refractivity contribution in [3.05, 3.63) is 28.3 Å². The first-order valence-electron chi connectivity index (χ1n) is 7.10. The zero-order chi connectivity index (χ0) is 18.8. The molecule has 25 heavy (non-hydrogen) atoms. The van der Waals surface area contributed by atoms with Gasteiger partial charge in [0.15, 0.2) is 18.1 Å². The Morgan fingerprint density at radius 3 is 2.36 bits per heavy atom. The first-order valence-corrected chi connectivity index (χ1v) is 7.48. The molecule has 0 bridgehead atoms. The van der Waals surface area contributed by atoms with Gasteiger partial charge in [0.05, 0.1) is 12.1 Å². The monoisotopic (exact) mass is 369 g/mol. The number of ether oxygens (including phenoxy) is 4. The quantitative estimate of drug-likeness (QED) is 0.474. The van der Waals surface area contributed by atoms with Gasteiger partial charge in [-0.1, -0.05) is 11.6 Å². The van der Waals surface area contributed by atoms with Gasteiger partial charge in [0.1, 0.15) is 5.57 Å². The Hall–Kier alpha value is -2.74. The molecule has 2 N–H and O–H groups in total. The van der Waals surface area contributed by atoms with E-state index in [0.29, 0.717) is 5.56 Å². The van der Waals surface area contributed by atoms with Crippen molar-refractivity contribution in [3.8, 4) is 11.5 Å². The summed E-state index contributed by atoms with van der Waals surface area (Å²) < 4.78 is 20.4. The molecular weight excluding hydrogens is 354 g/mol. The molecule has 1 aliphatic rings. The molecule has 1 aliphatic heterocycles. The lowest BCUT2D eigenvalue weighted by Crippen LogP contribution is -2.41. The van der Waals surface area contributed by atoms with Crippen LogP contribution in [0.1, 0.15) is 19.4 Å². The molecule has 0 aromatic heterocycles. The van der Waals surface area contributed by atoms with Crippen LogP contribution in [-0.2, 0) is 23.9 Å². The number of hydrogen-bond acceptors (Lipinski definition) is 7. The van der Waals surface area contributed by atoms with Gasteiger partial charge < -0.3 is 24.7 Å². The standard InChI is InChI=1S/C16H16ClNO7/c1-16(2)24-14(20)9(15(21)25-16)4-8-5-11(22-3)12(6-10(8)17)23-7-13(18)19/h4-6H,7H2,1-3H3,(H2,18,19). The van der Waals surface area contributed by atoms with Crippen LogP contribution in [0.3, 0.4) is 0 Å². The number of methoxy groups -OCH3 is 1. The number of carbonyl (C=O) groups is 3. The molecule has 8 nitrogen and oxygen atoms in total. The van der Waals surface area contributed by atoms with Crippen molar-refractivity contribution < 1.29 is 33.3 Å². The number of cyclic esters (lactones) is 2. The van der Waals surface area contributed by atoms with E-state index in [0.717, 1.165) is 0 Å². The average molecular weight is 370 g/mol. The maximum Gasteiger partial charge on any atom is 0.348 e. The van der Waals surface area contributed by atoms with Crippen LogP contribution in [0, 0.1) is 0 Å². The third kappa shape index (κ3) is 4.42. The Bertz CT molecular complexity index is 748. The van der Waals surface area contributed by atoms with E-state index in [4.69, 9.17) is 36.3 Å². The molecule has 9 heteroatoms. The molecule has 1 aromatic carbocycles. The SMILES string of the molecule is COc1cc(C=C2C(=O)OC(C)(C)OC2=O)c(Cl)cc1OCC(N)=O. The molecule has 1 heterocycles. The number of hydrogen-bond donors (Lipinski definition) is 1. The van der Waals surface area contributed by atoms with Crippen LogP contribution in [0.4, 0.5) is 0 Å². The summed E-state index contributed by atoms with van der Waals surface area (Å²) >= 11 is 6.14. The zero-order valence-corrected chi connectivity index (χ0v) is 14.5. The number of rotatable bonds is 5. The summed E-state index contributed by atoms with van der Waals surface area (Å²) in [6.45, 7) is 2.53. The molecule has 134 valence electrons. The van der Waals surface area contributed by atoms with E-state index >= 15 is 0 Å². The van der Waals surface area contributed by atoms with Crippen LogP contribution < -0.4 is 15.2 Å². The minimum Gasteiger partial charge on any atom is -0.493 e. The zero-order valence-electron chi connectivity index (χ0n) is 13.8. The highest BCUT2D eigenvalue weighted by atomic mass is 35.5. The van der Waals surface area contributed by atoms with Crippen LogP contribution in [0.15, 0.2) is 17.7 Å². The van der Waals surface area contributed by atoms with Gasteiger partial charge in [-0.3, -0.25) is 4.79 Å². The number of benzene rings is 1. The summed E-state index contributed by atoms with van der Waals surface area (Å²) in [7, 11) is 1.38. The molecule has 0 unspecified atom stereocenters. The predicted molar refractivity (Wildman–Crippen MR) is 86.9 cm³/mol. The van der Waals surface area contributed by atoms with Gasteiger partial charge in [0.25, 0.3) is 11.7 Å². The van der Waals surface area contributed by atoms with Crippen molar-refractivity contribution in [2.24, 2.45) is 5.73 Å². The second kappa shape index (κ2) is 7.02. The van der Waals surface area contributed by atoms with Gasteiger partial charge in [0, 0.05) is 19.9 Å². The van der Waals surface area contributed by atoms with Gasteiger partial charge in [-0.2, -0.15) is 0 Å².